The van der Waals surface area contributed by atoms with Crippen molar-refractivity contribution in [1.82, 2.24) is 4.90 Å². The quantitative estimate of drug-likeness (QED) is 0.356. The van der Waals surface area contributed by atoms with Gasteiger partial charge in [-0.3, -0.25) is 9.69 Å². The second-order valence-electron chi connectivity index (χ2n) is 9.18. The number of benzene rings is 1. The minimum atomic E-state index is -3.25. The van der Waals surface area contributed by atoms with E-state index in [2.05, 4.69) is 10.2 Å². The number of cyclic esters (lactones) is 1. The summed E-state index contributed by atoms with van der Waals surface area (Å²) < 4.78 is 42.0. The van der Waals surface area contributed by atoms with E-state index in [0.29, 0.717) is 41.9 Å². The molecule has 0 radical (unpaired) electrons. The number of amides is 1. The Hall–Kier alpha value is -3.01. The summed E-state index contributed by atoms with van der Waals surface area (Å²) >= 11 is 0. The third kappa shape index (κ3) is 6.81. The summed E-state index contributed by atoms with van der Waals surface area (Å²) in [6, 6.07) is 0. The number of anilines is 1. The van der Waals surface area contributed by atoms with Crippen LogP contribution in [0.4, 0.5) is 14.5 Å². The van der Waals surface area contributed by atoms with Gasteiger partial charge in [0.05, 0.1) is 18.4 Å². The third-order valence-electron chi connectivity index (χ3n) is 6.63. The molecule has 0 aromatic heterocycles. The van der Waals surface area contributed by atoms with E-state index in [-0.39, 0.29) is 23.8 Å². The molecule has 1 N–H and O–H groups in total. The lowest BCUT2D eigenvalue weighted by molar-refractivity contribution is -0.138. The maximum atomic E-state index is 13.0. The number of fused-ring (bicyclic) bond motifs is 1. The summed E-state index contributed by atoms with van der Waals surface area (Å²) in [5.41, 5.74) is 1.67. The molecule has 10 heteroatoms. The van der Waals surface area contributed by atoms with Crippen LogP contribution >= 0.6 is 0 Å². The lowest BCUT2D eigenvalue weighted by Gasteiger charge is -2.25. The fourth-order valence-corrected chi connectivity index (χ4v) is 4.63. The number of carbonyl (C=O) groups is 3. The molecule has 1 atom stereocenters. The van der Waals surface area contributed by atoms with Crippen LogP contribution in [0, 0.1) is 12.8 Å². The molecule has 0 bridgehead atoms. The summed E-state index contributed by atoms with van der Waals surface area (Å²) in [4.78, 5) is 38.6. The topological polar surface area (TPSA) is 94.2 Å². The van der Waals surface area contributed by atoms with Crippen LogP contribution in [0.3, 0.4) is 0 Å². The maximum Gasteiger partial charge on any atom is 0.341 e. The van der Waals surface area contributed by atoms with Gasteiger partial charge in [0.2, 0.25) is 0 Å². The fourth-order valence-electron chi connectivity index (χ4n) is 4.63. The van der Waals surface area contributed by atoms with E-state index >= 15 is 0 Å². The van der Waals surface area contributed by atoms with Crippen LogP contribution in [0.2, 0.25) is 0 Å². The van der Waals surface area contributed by atoms with Crippen LogP contribution in [-0.2, 0) is 32.1 Å². The van der Waals surface area contributed by atoms with Crippen LogP contribution in [0.25, 0.3) is 0 Å². The summed E-state index contributed by atoms with van der Waals surface area (Å²) in [6.07, 6.45) is 4.27. The highest BCUT2D eigenvalue weighted by Gasteiger charge is 2.33. The Morgan fingerprint density at radius 2 is 1.94 bits per heavy atom. The summed E-state index contributed by atoms with van der Waals surface area (Å²) in [7, 11) is 1.44. The minimum absolute atomic E-state index is 0.00597. The minimum Gasteiger partial charge on any atom is -0.496 e. The number of rotatable bonds is 11. The first kappa shape index (κ1) is 27.6. The molecule has 2 heterocycles. The van der Waals surface area contributed by atoms with Crippen LogP contribution < -0.4 is 10.1 Å². The zero-order valence-corrected chi connectivity index (χ0v) is 21.0. The monoisotopic (exact) mass is 508 g/mol. The van der Waals surface area contributed by atoms with Crippen molar-refractivity contribution in [3.05, 3.63) is 34.4 Å². The predicted molar refractivity (Wildman–Crippen MR) is 129 cm³/mol. The number of halogens is 2. The molecule has 2 aliphatic heterocycles. The first-order chi connectivity index (χ1) is 17.2. The average molecular weight is 509 g/mol. The zero-order valence-electron chi connectivity index (χ0n) is 21.0. The molecule has 1 aromatic rings. The number of likely N-dealkylation sites (tertiary alicyclic amines) is 1. The van der Waals surface area contributed by atoms with Gasteiger partial charge in [0.1, 0.15) is 19.0 Å². The van der Waals surface area contributed by atoms with E-state index in [9.17, 15) is 23.2 Å². The SMILES string of the molecule is COc1c(C)c2c(c(NC(=O)C(F)F)c1CCC(C)/C=C/C(=O)OCCN1CCCCC1)C(=O)OC2. The molecule has 0 saturated carbocycles. The molecule has 8 nitrogen and oxygen atoms in total. The summed E-state index contributed by atoms with van der Waals surface area (Å²) in [5, 5.41) is 2.20. The number of hydrogen-bond acceptors (Lipinski definition) is 7. The number of nitrogens with zero attached hydrogens (tertiary/aromatic N) is 1. The predicted octanol–water partition coefficient (Wildman–Crippen LogP) is 4.03. The molecule has 1 saturated heterocycles. The lowest BCUT2D eigenvalue weighted by atomic mass is 9.91. The van der Waals surface area contributed by atoms with Crippen molar-refractivity contribution < 1.29 is 37.4 Å². The van der Waals surface area contributed by atoms with Gasteiger partial charge in [-0.15, -0.1) is 0 Å². The second kappa shape index (κ2) is 12.8. The first-order valence-electron chi connectivity index (χ1n) is 12.3. The number of carbonyl (C=O) groups excluding carboxylic acids is 3. The number of esters is 2. The van der Waals surface area contributed by atoms with Crippen molar-refractivity contribution in [1.29, 1.82) is 0 Å². The molecule has 3 rings (SSSR count). The Kier molecular flexibility index (Phi) is 9.81. The van der Waals surface area contributed by atoms with Crippen LogP contribution in [0.1, 0.15) is 59.7 Å². The molecular weight excluding hydrogens is 474 g/mol. The van der Waals surface area contributed by atoms with E-state index in [4.69, 9.17) is 14.2 Å². The molecule has 1 unspecified atom stereocenters. The van der Waals surface area contributed by atoms with Crippen molar-refractivity contribution in [3.63, 3.8) is 0 Å². The van der Waals surface area contributed by atoms with Crippen molar-refractivity contribution in [2.75, 3.05) is 38.7 Å². The zero-order chi connectivity index (χ0) is 26.2. The number of allylic oxidation sites excluding steroid dienone is 1. The number of alkyl halides is 2. The van der Waals surface area contributed by atoms with Gasteiger partial charge in [-0.1, -0.05) is 19.4 Å². The Labute approximate surface area is 209 Å². The third-order valence-corrected chi connectivity index (χ3v) is 6.63. The molecule has 1 aromatic carbocycles. The van der Waals surface area contributed by atoms with E-state index in [1.54, 1.807) is 13.0 Å². The molecule has 198 valence electrons. The Bertz CT molecular complexity index is 1000. The number of ether oxygens (including phenoxy) is 3. The molecule has 36 heavy (non-hydrogen) atoms. The largest absolute Gasteiger partial charge is 0.496 e. The summed E-state index contributed by atoms with van der Waals surface area (Å²) in [5.74, 6) is -2.28. The molecule has 1 fully saturated rings. The standard InChI is InChI=1S/C26H34F2N2O6/c1-16(8-10-20(31)35-14-13-30-11-5-4-6-12-30)7-9-18-22(29-25(32)24(27)28)21-19(15-36-26(21)33)17(2)23(18)34-3/h8,10,16,24H,4-7,9,11-15H2,1-3H3,(H,29,32)/b10-8+. The highest BCUT2D eigenvalue weighted by Crippen LogP contribution is 2.42. The maximum absolute atomic E-state index is 13.0. The Balaban J connectivity index is 1.67. The Morgan fingerprint density at radius 1 is 1.22 bits per heavy atom. The average Bonchev–Trinajstić information content (AvgIpc) is 3.25. The van der Waals surface area contributed by atoms with Gasteiger partial charge in [-0.05, 0) is 57.2 Å². The van der Waals surface area contributed by atoms with Gasteiger partial charge in [-0.25, -0.2) is 9.59 Å². The van der Waals surface area contributed by atoms with Gasteiger partial charge < -0.3 is 19.5 Å². The van der Waals surface area contributed by atoms with Crippen LogP contribution in [0.15, 0.2) is 12.2 Å². The van der Waals surface area contributed by atoms with E-state index in [1.165, 1.54) is 32.4 Å². The van der Waals surface area contributed by atoms with Crippen molar-refractivity contribution in [2.24, 2.45) is 5.92 Å². The van der Waals surface area contributed by atoms with Crippen LogP contribution in [-0.4, -0.2) is 62.5 Å². The summed E-state index contributed by atoms with van der Waals surface area (Å²) in [6.45, 7) is 6.77. The van der Waals surface area contributed by atoms with Crippen molar-refractivity contribution in [2.45, 2.75) is 59.0 Å². The second-order valence-corrected chi connectivity index (χ2v) is 9.18. The Morgan fingerprint density at radius 3 is 2.61 bits per heavy atom. The first-order valence-corrected chi connectivity index (χ1v) is 12.3. The smallest absolute Gasteiger partial charge is 0.341 e. The van der Waals surface area contributed by atoms with Crippen LogP contribution in [0.5, 0.6) is 5.75 Å². The highest BCUT2D eigenvalue weighted by molar-refractivity contribution is 6.06. The lowest BCUT2D eigenvalue weighted by Crippen LogP contribution is -2.33. The van der Waals surface area contributed by atoms with E-state index in [0.717, 1.165) is 19.6 Å². The van der Waals surface area contributed by atoms with Crippen molar-refractivity contribution in [3.8, 4) is 5.75 Å². The number of piperidine rings is 1. The molecule has 1 amide bonds. The van der Waals surface area contributed by atoms with Gasteiger partial charge in [0.25, 0.3) is 5.91 Å². The van der Waals surface area contributed by atoms with E-state index in [1.807, 2.05) is 6.92 Å². The van der Waals surface area contributed by atoms with Gasteiger partial charge in [0, 0.05) is 23.7 Å². The van der Waals surface area contributed by atoms with Gasteiger partial charge in [-0.2, -0.15) is 8.78 Å². The van der Waals surface area contributed by atoms with E-state index < -0.39 is 24.3 Å². The molecule has 0 spiro atoms. The highest BCUT2D eigenvalue weighted by atomic mass is 19.3. The molecular formula is C26H34F2N2O6. The van der Waals surface area contributed by atoms with Crippen molar-refractivity contribution >= 4 is 23.5 Å². The number of hydrogen-bond donors (Lipinski definition) is 1. The van der Waals surface area contributed by atoms with Gasteiger partial charge in [0.15, 0.2) is 0 Å². The number of nitrogens with one attached hydrogen (secondary N) is 1. The molecule has 0 aliphatic carbocycles. The number of methoxy groups -OCH3 is 1. The normalized spacial score (nSPS) is 16.7. The fraction of sp³-hybridized carbons (Fsp3) is 0.577. The van der Waals surface area contributed by atoms with Gasteiger partial charge >= 0.3 is 18.4 Å². The molecule has 2 aliphatic rings.